The number of ether oxygens (including phenoxy) is 1. The Labute approximate surface area is 185 Å². The van der Waals surface area contributed by atoms with E-state index in [9.17, 15) is 18.3 Å². The summed E-state index contributed by atoms with van der Waals surface area (Å²) in [7, 11) is 1.61. The van der Waals surface area contributed by atoms with Crippen LogP contribution in [0.2, 0.25) is 0 Å². The number of nitrogens with one attached hydrogen (secondary N) is 1. The molecule has 3 aromatic rings. The summed E-state index contributed by atoms with van der Waals surface area (Å²) >= 11 is 0. The molecule has 0 aromatic heterocycles. The van der Waals surface area contributed by atoms with E-state index in [1.165, 1.54) is 18.2 Å². The molecule has 1 aliphatic rings. The monoisotopic (exact) mass is 442 g/mol. The van der Waals surface area contributed by atoms with E-state index >= 15 is 0 Å². The third-order valence-electron chi connectivity index (χ3n) is 5.96. The summed E-state index contributed by atoms with van der Waals surface area (Å²) in [6.07, 6.45) is -0.141. The number of piperidine rings is 1. The minimum absolute atomic E-state index is 0.333. The summed E-state index contributed by atoms with van der Waals surface area (Å²) in [5.74, 6) is -1.84. The summed E-state index contributed by atoms with van der Waals surface area (Å²) in [5.41, 5.74) is 2.11. The Morgan fingerprint density at radius 2 is 1.69 bits per heavy atom. The van der Waals surface area contributed by atoms with Gasteiger partial charge in [-0.25, -0.2) is 13.2 Å². The van der Waals surface area contributed by atoms with E-state index in [2.05, 4.69) is 10.2 Å². The van der Waals surface area contributed by atoms with Crippen LogP contribution in [-0.4, -0.2) is 31.4 Å². The minimum atomic E-state index is -0.953. The number of aliphatic hydroxyl groups is 1. The van der Waals surface area contributed by atoms with Gasteiger partial charge in [-0.2, -0.15) is 0 Å². The molecule has 4 rings (SSSR count). The van der Waals surface area contributed by atoms with Crippen molar-refractivity contribution in [1.29, 1.82) is 0 Å². The molecule has 1 fully saturated rings. The lowest BCUT2D eigenvalue weighted by Crippen LogP contribution is -2.47. The highest BCUT2D eigenvalue weighted by molar-refractivity contribution is 5.51. The van der Waals surface area contributed by atoms with Crippen molar-refractivity contribution in [2.75, 3.05) is 30.4 Å². The molecule has 3 atom stereocenters. The average Bonchev–Trinajstić information content (AvgIpc) is 2.81. The van der Waals surface area contributed by atoms with Gasteiger partial charge in [-0.15, -0.1) is 0 Å². The number of hydrogen-bond acceptors (Lipinski definition) is 4. The number of anilines is 2. The first-order valence-electron chi connectivity index (χ1n) is 10.5. The molecule has 0 aliphatic carbocycles. The fourth-order valence-electron chi connectivity index (χ4n) is 4.19. The lowest BCUT2D eigenvalue weighted by molar-refractivity contribution is 0.0775. The molecule has 2 N–H and O–H groups in total. The van der Waals surface area contributed by atoms with Crippen molar-refractivity contribution in [2.24, 2.45) is 5.92 Å². The van der Waals surface area contributed by atoms with E-state index < -0.39 is 23.8 Å². The van der Waals surface area contributed by atoms with Crippen LogP contribution in [0.4, 0.5) is 24.5 Å². The van der Waals surface area contributed by atoms with E-state index in [4.69, 9.17) is 4.74 Å². The fourth-order valence-corrected chi connectivity index (χ4v) is 4.19. The lowest BCUT2D eigenvalue weighted by atomic mass is 9.83. The highest BCUT2D eigenvalue weighted by Crippen LogP contribution is 2.35. The van der Waals surface area contributed by atoms with E-state index in [1.54, 1.807) is 19.2 Å². The number of methoxy groups -OCH3 is 1. The second kappa shape index (κ2) is 9.53. The van der Waals surface area contributed by atoms with Crippen molar-refractivity contribution >= 4 is 11.4 Å². The van der Waals surface area contributed by atoms with E-state index in [-0.39, 0.29) is 11.7 Å². The molecule has 0 saturated carbocycles. The maximum Gasteiger partial charge on any atom is 0.159 e. The lowest BCUT2D eigenvalue weighted by Gasteiger charge is -2.42. The predicted molar refractivity (Wildman–Crippen MR) is 118 cm³/mol. The molecular formula is C25H25F3N2O2. The zero-order valence-corrected chi connectivity index (χ0v) is 17.6. The van der Waals surface area contributed by atoms with Crippen LogP contribution in [0.15, 0.2) is 66.7 Å². The SMILES string of the molecule is COc1ccc(N2CC[C@@H](O)[C@H]([C@H](Nc3ccc(F)cc3)c3ccc(F)c(F)c3)C2)cc1. The van der Waals surface area contributed by atoms with Crippen LogP contribution in [0.5, 0.6) is 5.75 Å². The van der Waals surface area contributed by atoms with Crippen molar-refractivity contribution in [2.45, 2.75) is 18.6 Å². The Balaban J connectivity index is 1.65. The minimum Gasteiger partial charge on any atom is -0.497 e. The zero-order chi connectivity index (χ0) is 22.7. The molecule has 7 heteroatoms. The van der Waals surface area contributed by atoms with Gasteiger partial charge in [-0.1, -0.05) is 6.07 Å². The van der Waals surface area contributed by atoms with Crippen molar-refractivity contribution in [3.8, 4) is 5.75 Å². The maximum atomic E-state index is 14.1. The zero-order valence-electron chi connectivity index (χ0n) is 17.6. The van der Waals surface area contributed by atoms with Crippen LogP contribution in [0, 0.1) is 23.4 Å². The van der Waals surface area contributed by atoms with Crippen LogP contribution in [-0.2, 0) is 0 Å². The van der Waals surface area contributed by atoms with Gasteiger partial charge in [0.15, 0.2) is 11.6 Å². The highest BCUT2D eigenvalue weighted by atomic mass is 19.2. The van der Waals surface area contributed by atoms with E-state index in [0.29, 0.717) is 30.8 Å². The van der Waals surface area contributed by atoms with Crippen LogP contribution >= 0.6 is 0 Å². The Bertz CT molecular complexity index is 1040. The standard InChI is InChI=1S/C25H25F3N2O2/c1-32-20-9-7-19(8-10-20)30-13-12-24(31)21(15-30)25(16-2-11-22(27)23(28)14-16)29-18-5-3-17(26)4-6-18/h2-11,14,21,24-25,29,31H,12-13,15H2,1H3/t21-,24-,25-/m1/s1. The van der Waals surface area contributed by atoms with Crippen molar-refractivity contribution in [3.63, 3.8) is 0 Å². The highest BCUT2D eigenvalue weighted by Gasteiger charge is 2.35. The Hall–Kier alpha value is -3.19. The van der Waals surface area contributed by atoms with Gasteiger partial charge in [0.25, 0.3) is 0 Å². The van der Waals surface area contributed by atoms with Crippen molar-refractivity contribution in [1.82, 2.24) is 0 Å². The number of rotatable bonds is 6. The number of benzene rings is 3. The average molecular weight is 442 g/mol. The molecule has 1 aliphatic heterocycles. The van der Waals surface area contributed by atoms with Gasteiger partial charge >= 0.3 is 0 Å². The van der Waals surface area contributed by atoms with Gasteiger partial charge in [0.2, 0.25) is 0 Å². The van der Waals surface area contributed by atoms with Crippen LogP contribution in [0.1, 0.15) is 18.0 Å². The summed E-state index contributed by atoms with van der Waals surface area (Å²) in [6, 6.07) is 16.7. The van der Waals surface area contributed by atoms with Crippen molar-refractivity contribution in [3.05, 3.63) is 89.7 Å². The Kier molecular flexibility index (Phi) is 6.55. The molecule has 4 nitrogen and oxygen atoms in total. The molecule has 0 unspecified atom stereocenters. The van der Waals surface area contributed by atoms with Gasteiger partial charge in [0.05, 0.1) is 19.3 Å². The van der Waals surface area contributed by atoms with Gasteiger partial charge < -0.3 is 20.1 Å². The number of halogens is 3. The predicted octanol–water partition coefficient (Wildman–Crippen LogP) is 5.15. The van der Waals surface area contributed by atoms with Crippen LogP contribution in [0.25, 0.3) is 0 Å². The molecule has 32 heavy (non-hydrogen) atoms. The molecule has 168 valence electrons. The summed E-state index contributed by atoms with van der Waals surface area (Å²) < 4.78 is 46.3. The molecule has 0 spiro atoms. The van der Waals surface area contributed by atoms with Crippen LogP contribution < -0.4 is 15.0 Å². The molecule has 0 amide bonds. The third-order valence-corrected chi connectivity index (χ3v) is 5.96. The second-order valence-electron chi connectivity index (χ2n) is 7.97. The quantitative estimate of drug-likeness (QED) is 0.554. The van der Waals surface area contributed by atoms with Crippen LogP contribution in [0.3, 0.4) is 0 Å². The van der Waals surface area contributed by atoms with Gasteiger partial charge in [-0.3, -0.25) is 0 Å². The van der Waals surface area contributed by atoms with Gasteiger partial charge in [0, 0.05) is 30.4 Å². The Morgan fingerprint density at radius 1 is 0.969 bits per heavy atom. The summed E-state index contributed by atoms with van der Waals surface area (Å²) in [4.78, 5) is 2.15. The molecule has 1 heterocycles. The summed E-state index contributed by atoms with van der Waals surface area (Å²) in [6.45, 7) is 1.15. The smallest absolute Gasteiger partial charge is 0.159 e. The number of nitrogens with zero attached hydrogens (tertiary/aromatic N) is 1. The Morgan fingerprint density at radius 3 is 2.34 bits per heavy atom. The maximum absolute atomic E-state index is 14.1. The first kappa shape index (κ1) is 22.0. The molecule has 0 radical (unpaired) electrons. The molecular weight excluding hydrogens is 417 g/mol. The van der Waals surface area contributed by atoms with E-state index in [1.807, 2.05) is 24.3 Å². The van der Waals surface area contributed by atoms with Gasteiger partial charge in [0.1, 0.15) is 11.6 Å². The normalized spacial score (nSPS) is 19.5. The molecule has 3 aromatic carbocycles. The summed E-state index contributed by atoms with van der Waals surface area (Å²) in [5, 5.41) is 14.2. The third kappa shape index (κ3) is 4.83. The topological polar surface area (TPSA) is 44.7 Å². The largest absolute Gasteiger partial charge is 0.497 e. The van der Waals surface area contributed by atoms with E-state index in [0.717, 1.165) is 23.6 Å². The first-order valence-corrected chi connectivity index (χ1v) is 10.5. The fraction of sp³-hybridized carbons (Fsp3) is 0.280. The number of hydrogen-bond donors (Lipinski definition) is 2. The van der Waals surface area contributed by atoms with Gasteiger partial charge in [-0.05, 0) is 72.6 Å². The molecule has 1 saturated heterocycles. The molecule has 0 bridgehead atoms. The second-order valence-corrected chi connectivity index (χ2v) is 7.97. The number of aliphatic hydroxyl groups excluding tert-OH is 1. The van der Waals surface area contributed by atoms with Crippen molar-refractivity contribution < 1.29 is 23.0 Å². The first-order chi connectivity index (χ1) is 15.4.